The minimum absolute atomic E-state index is 0.135. The highest BCUT2D eigenvalue weighted by molar-refractivity contribution is 7.89. The Bertz CT molecular complexity index is 1040. The molecular formula is C19H20FN3O2S. The quantitative estimate of drug-likeness (QED) is 0.747. The van der Waals surface area contributed by atoms with E-state index in [0.29, 0.717) is 5.82 Å². The lowest BCUT2D eigenvalue weighted by atomic mass is 10.1. The summed E-state index contributed by atoms with van der Waals surface area (Å²) in [5.41, 5.74) is 2.08. The number of aromatic nitrogens is 2. The molecule has 0 bridgehead atoms. The van der Waals surface area contributed by atoms with Crippen molar-refractivity contribution in [2.75, 3.05) is 0 Å². The molecule has 7 heteroatoms. The second kappa shape index (κ2) is 7.01. The summed E-state index contributed by atoms with van der Waals surface area (Å²) in [6, 6.07) is 10.0. The molecule has 5 nitrogen and oxygen atoms in total. The minimum atomic E-state index is -3.88. The first-order valence-corrected chi connectivity index (χ1v) is 9.59. The number of hydrogen-bond donors (Lipinski definition) is 1. The van der Waals surface area contributed by atoms with E-state index in [4.69, 9.17) is 0 Å². The van der Waals surface area contributed by atoms with Crippen molar-refractivity contribution in [3.05, 3.63) is 83.2 Å². The third-order valence-electron chi connectivity index (χ3n) is 4.39. The molecule has 0 amide bonds. The van der Waals surface area contributed by atoms with Crippen LogP contribution < -0.4 is 4.72 Å². The molecule has 3 rings (SSSR count). The average Bonchev–Trinajstić information content (AvgIpc) is 3.02. The van der Waals surface area contributed by atoms with E-state index in [1.807, 2.05) is 13.8 Å². The standard InChI is InChI=1S/C19H20FN3O2S/c1-13-8-9-15(12-14(13)2)26(24,25)22-18(19-21-10-11-23(19)3)16-6-4-5-7-17(16)20/h4-12,18,22H,1-3H3/t18-/m1/s1. The summed E-state index contributed by atoms with van der Waals surface area (Å²) in [5.74, 6) is -0.0919. The Labute approximate surface area is 152 Å². The Morgan fingerprint density at radius 2 is 1.85 bits per heavy atom. The van der Waals surface area contributed by atoms with Gasteiger partial charge in [0.1, 0.15) is 17.7 Å². The van der Waals surface area contributed by atoms with Gasteiger partial charge in [-0.05, 0) is 43.2 Å². The smallest absolute Gasteiger partial charge is 0.241 e. The second-order valence-corrected chi connectivity index (χ2v) is 7.93. The predicted molar refractivity (Wildman–Crippen MR) is 97.7 cm³/mol. The maximum absolute atomic E-state index is 14.4. The maximum atomic E-state index is 14.4. The summed E-state index contributed by atoms with van der Waals surface area (Å²) in [4.78, 5) is 4.35. The van der Waals surface area contributed by atoms with Crippen LogP contribution in [0.5, 0.6) is 0 Å². The van der Waals surface area contributed by atoms with E-state index in [9.17, 15) is 12.8 Å². The van der Waals surface area contributed by atoms with Crippen molar-refractivity contribution in [1.29, 1.82) is 0 Å². The number of hydrogen-bond acceptors (Lipinski definition) is 3. The third-order valence-corrected chi connectivity index (χ3v) is 5.82. The normalized spacial score (nSPS) is 12.9. The van der Waals surface area contributed by atoms with E-state index in [1.54, 1.807) is 60.4 Å². The van der Waals surface area contributed by atoms with Crippen LogP contribution in [0.15, 0.2) is 59.8 Å². The molecule has 0 aliphatic heterocycles. The van der Waals surface area contributed by atoms with Gasteiger partial charge in [-0.2, -0.15) is 4.72 Å². The Morgan fingerprint density at radius 3 is 2.46 bits per heavy atom. The molecule has 0 aliphatic rings. The van der Waals surface area contributed by atoms with Crippen molar-refractivity contribution in [2.45, 2.75) is 24.8 Å². The van der Waals surface area contributed by atoms with Crippen LogP contribution in [0, 0.1) is 19.7 Å². The number of nitrogens with zero attached hydrogens (tertiary/aromatic N) is 2. The van der Waals surface area contributed by atoms with Crippen LogP contribution in [0.3, 0.4) is 0 Å². The van der Waals surface area contributed by atoms with Crippen LogP contribution in [0.1, 0.15) is 28.6 Å². The van der Waals surface area contributed by atoms with Gasteiger partial charge in [0.25, 0.3) is 0 Å². The minimum Gasteiger partial charge on any atom is -0.336 e. The van der Waals surface area contributed by atoms with Gasteiger partial charge in [-0.3, -0.25) is 0 Å². The average molecular weight is 373 g/mol. The number of aryl methyl sites for hydroxylation is 3. The number of rotatable bonds is 5. The molecule has 26 heavy (non-hydrogen) atoms. The van der Waals surface area contributed by atoms with E-state index in [1.165, 1.54) is 6.07 Å². The highest BCUT2D eigenvalue weighted by Crippen LogP contribution is 2.26. The zero-order valence-electron chi connectivity index (χ0n) is 14.8. The van der Waals surface area contributed by atoms with Gasteiger partial charge in [-0.25, -0.2) is 17.8 Å². The highest BCUT2D eigenvalue weighted by atomic mass is 32.2. The van der Waals surface area contributed by atoms with E-state index in [0.717, 1.165) is 11.1 Å². The molecule has 0 radical (unpaired) electrons. The van der Waals surface area contributed by atoms with E-state index >= 15 is 0 Å². The Morgan fingerprint density at radius 1 is 1.12 bits per heavy atom. The molecule has 1 aromatic heterocycles. The van der Waals surface area contributed by atoms with Crippen LogP contribution in [0.2, 0.25) is 0 Å². The maximum Gasteiger partial charge on any atom is 0.241 e. The first kappa shape index (κ1) is 18.3. The van der Waals surface area contributed by atoms with E-state index < -0.39 is 21.9 Å². The predicted octanol–water partition coefficient (Wildman–Crippen LogP) is 3.24. The molecule has 0 saturated carbocycles. The fourth-order valence-corrected chi connectivity index (χ4v) is 3.98. The molecule has 2 aromatic carbocycles. The Kier molecular flexibility index (Phi) is 4.93. The molecule has 3 aromatic rings. The van der Waals surface area contributed by atoms with Gasteiger partial charge in [-0.15, -0.1) is 0 Å². The lowest BCUT2D eigenvalue weighted by Gasteiger charge is -2.20. The van der Waals surface area contributed by atoms with Gasteiger partial charge in [0.2, 0.25) is 10.0 Å². The van der Waals surface area contributed by atoms with Crippen LogP contribution in [0.4, 0.5) is 4.39 Å². The van der Waals surface area contributed by atoms with Crippen LogP contribution >= 0.6 is 0 Å². The third kappa shape index (κ3) is 3.54. The Balaban J connectivity index is 2.07. The molecule has 0 unspecified atom stereocenters. The highest BCUT2D eigenvalue weighted by Gasteiger charge is 2.27. The van der Waals surface area contributed by atoms with Gasteiger partial charge < -0.3 is 4.57 Å². The zero-order valence-corrected chi connectivity index (χ0v) is 15.6. The molecular weight excluding hydrogens is 353 g/mol. The molecule has 136 valence electrons. The lowest BCUT2D eigenvalue weighted by molar-refractivity contribution is 0.545. The number of nitrogens with one attached hydrogen (secondary N) is 1. The summed E-state index contributed by atoms with van der Waals surface area (Å²) in [7, 11) is -2.14. The van der Waals surface area contributed by atoms with Crippen molar-refractivity contribution in [1.82, 2.24) is 14.3 Å². The van der Waals surface area contributed by atoms with Gasteiger partial charge in [0.15, 0.2) is 0 Å². The van der Waals surface area contributed by atoms with Gasteiger partial charge in [-0.1, -0.05) is 24.3 Å². The van der Waals surface area contributed by atoms with Gasteiger partial charge in [0, 0.05) is 25.0 Å². The molecule has 0 saturated heterocycles. The summed E-state index contributed by atoms with van der Waals surface area (Å²) in [6.07, 6.45) is 3.24. The molecule has 1 N–H and O–H groups in total. The van der Waals surface area contributed by atoms with Crippen LogP contribution in [-0.2, 0) is 17.1 Å². The largest absolute Gasteiger partial charge is 0.336 e. The van der Waals surface area contributed by atoms with Crippen molar-refractivity contribution in [2.24, 2.45) is 7.05 Å². The SMILES string of the molecule is Cc1ccc(S(=O)(=O)N[C@H](c2ccccc2F)c2nccn2C)cc1C. The van der Waals surface area contributed by atoms with Crippen molar-refractivity contribution in [3.8, 4) is 0 Å². The number of imidazole rings is 1. The van der Waals surface area contributed by atoms with Crippen molar-refractivity contribution in [3.63, 3.8) is 0 Å². The van der Waals surface area contributed by atoms with Gasteiger partial charge >= 0.3 is 0 Å². The van der Waals surface area contributed by atoms with Gasteiger partial charge in [0.05, 0.1) is 4.90 Å². The summed E-state index contributed by atoms with van der Waals surface area (Å²) in [6.45, 7) is 3.76. The Hall–Kier alpha value is -2.51. The van der Waals surface area contributed by atoms with Crippen LogP contribution in [-0.4, -0.2) is 18.0 Å². The lowest BCUT2D eigenvalue weighted by Crippen LogP contribution is -2.31. The fourth-order valence-electron chi connectivity index (χ4n) is 2.72. The van der Waals surface area contributed by atoms with Crippen LogP contribution in [0.25, 0.3) is 0 Å². The summed E-state index contributed by atoms with van der Waals surface area (Å²) >= 11 is 0. The van der Waals surface area contributed by atoms with Crippen molar-refractivity contribution < 1.29 is 12.8 Å². The molecule has 1 heterocycles. The molecule has 0 aliphatic carbocycles. The molecule has 0 spiro atoms. The molecule has 0 fully saturated rings. The first-order chi connectivity index (χ1) is 12.3. The van der Waals surface area contributed by atoms with Crippen molar-refractivity contribution >= 4 is 10.0 Å². The second-order valence-electron chi connectivity index (χ2n) is 6.22. The first-order valence-electron chi connectivity index (χ1n) is 8.11. The molecule has 1 atom stereocenters. The fraction of sp³-hybridized carbons (Fsp3) is 0.211. The number of halogens is 1. The van der Waals surface area contributed by atoms with E-state index in [2.05, 4.69) is 9.71 Å². The topological polar surface area (TPSA) is 64.0 Å². The van der Waals surface area contributed by atoms with E-state index in [-0.39, 0.29) is 10.5 Å². The zero-order chi connectivity index (χ0) is 18.9. The summed E-state index contributed by atoms with van der Waals surface area (Å²) in [5, 5.41) is 0. The monoisotopic (exact) mass is 373 g/mol. The summed E-state index contributed by atoms with van der Waals surface area (Å²) < 4.78 is 44.5. The number of sulfonamides is 1. The number of benzene rings is 2.